The molecule has 0 atom stereocenters. The highest BCUT2D eigenvalue weighted by molar-refractivity contribution is 9.10. The van der Waals surface area contributed by atoms with E-state index in [1.54, 1.807) is 6.07 Å². The first-order chi connectivity index (χ1) is 10.8. The first kappa shape index (κ1) is 13.4. The summed E-state index contributed by atoms with van der Waals surface area (Å²) < 4.78 is 0.984. The zero-order valence-electron chi connectivity index (χ0n) is 11.8. The Hall–Kier alpha value is -2.32. The number of hydrogen-bond acceptors (Lipinski definition) is 1. The van der Waals surface area contributed by atoms with E-state index in [0.29, 0.717) is 5.75 Å². The van der Waals surface area contributed by atoms with Crippen LogP contribution in [0.5, 0.6) is 5.75 Å². The van der Waals surface area contributed by atoms with E-state index in [-0.39, 0.29) is 0 Å². The van der Waals surface area contributed by atoms with Crippen LogP contribution in [0, 0.1) is 0 Å². The van der Waals surface area contributed by atoms with Crippen molar-refractivity contribution in [3.05, 3.63) is 77.3 Å². The smallest absolute Gasteiger partial charge is 0.124 e. The molecule has 4 aromatic carbocycles. The Balaban J connectivity index is 2.21. The molecule has 0 saturated heterocycles. The maximum absolute atomic E-state index is 10.5. The lowest BCUT2D eigenvalue weighted by molar-refractivity contribution is 0.478. The molecule has 0 saturated carbocycles. The molecule has 2 heteroatoms. The zero-order valence-corrected chi connectivity index (χ0v) is 13.3. The Morgan fingerprint density at radius 1 is 0.591 bits per heavy atom. The minimum absolute atomic E-state index is 0.302. The molecule has 4 aromatic rings. The van der Waals surface area contributed by atoms with Gasteiger partial charge in [-0.2, -0.15) is 0 Å². The molecule has 4 rings (SSSR count). The number of phenolic OH excluding ortho intramolecular Hbond substituents is 1. The molecule has 1 N–H and O–H groups in total. The monoisotopic (exact) mass is 348 g/mol. The topological polar surface area (TPSA) is 20.2 Å². The molecule has 0 fully saturated rings. The summed E-state index contributed by atoms with van der Waals surface area (Å²) in [5.41, 5.74) is 1.91. The Bertz CT molecular complexity index is 922. The van der Waals surface area contributed by atoms with Gasteiger partial charge >= 0.3 is 0 Å². The van der Waals surface area contributed by atoms with Crippen molar-refractivity contribution in [3.8, 4) is 16.9 Å². The van der Waals surface area contributed by atoms with Gasteiger partial charge in [0.15, 0.2) is 0 Å². The van der Waals surface area contributed by atoms with Crippen molar-refractivity contribution in [2.75, 3.05) is 0 Å². The molecule has 1 nitrogen and oxygen atoms in total. The molecule has 0 aliphatic rings. The predicted octanol–water partition coefficient (Wildman–Crippen LogP) is 6.13. The number of benzene rings is 4. The largest absolute Gasteiger partial charge is 0.507 e. The van der Waals surface area contributed by atoms with Crippen molar-refractivity contribution in [1.82, 2.24) is 0 Å². The summed E-state index contributed by atoms with van der Waals surface area (Å²) in [5.74, 6) is 0.302. The summed E-state index contributed by atoms with van der Waals surface area (Å²) in [4.78, 5) is 0. The third-order valence-corrected chi connectivity index (χ3v) is 4.70. The summed E-state index contributed by atoms with van der Waals surface area (Å²) in [6.45, 7) is 0. The SMILES string of the molecule is Oc1ccc2ccccc2c1-c1c(Br)ccc2ccccc12. The van der Waals surface area contributed by atoms with Crippen LogP contribution in [0.25, 0.3) is 32.7 Å². The van der Waals surface area contributed by atoms with Gasteiger partial charge in [0.25, 0.3) is 0 Å². The quantitative estimate of drug-likeness (QED) is 0.438. The van der Waals surface area contributed by atoms with E-state index in [1.807, 2.05) is 36.4 Å². The number of fused-ring (bicyclic) bond motifs is 2. The van der Waals surface area contributed by atoms with Crippen molar-refractivity contribution in [1.29, 1.82) is 0 Å². The third kappa shape index (κ3) is 1.99. The van der Waals surface area contributed by atoms with E-state index in [0.717, 1.165) is 37.1 Å². The van der Waals surface area contributed by atoms with Gasteiger partial charge in [-0.05, 0) is 33.7 Å². The molecule has 0 amide bonds. The van der Waals surface area contributed by atoms with Crippen molar-refractivity contribution in [3.63, 3.8) is 0 Å². The maximum atomic E-state index is 10.5. The van der Waals surface area contributed by atoms with Gasteiger partial charge in [0.05, 0.1) is 0 Å². The van der Waals surface area contributed by atoms with Crippen LogP contribution >= 0.6 is 15.9 Å². The van der Waals surface area contributed by atoms with Crippen LogP contribution in [0.2, 0.25) is 0 Å². The van der Waals surface area contributed by atoms with Gasteiger partial charge in [-0.15, -0.1) is 0 Å². The molecule has 0 aromatic heterocycles. The Morgan fingerprint density at radius 3 is 1.82 bits per heavy atom. The van der Waals surface area contributed by atoms with Crippen LogP contribution < -0.4 is 0 Å². The number of rotatable bonds is 1. The fourth-order valence-electron chi connectivity index (χ4n) is 3.02. The van der Waals surface area contributed by atoms with Crippen LogP contribution in [-0.2, 0) is 0 Å². The number of halogens is 1. The van der Waals surface area contributed by atoms with Gasteiger partial charge in [-0.3, -0.25) is 0 Å². The summed E-state index contributed by atoms with van der Waals surface area (Å²) in [6.07, 6.45) is 0. The highest BCUT2D eigenvalue weighted by Crippen LogP contribution is 2.43. The van der Waals surface area contributed by atoms with Crippen LogP contribution in [0.15, 0.2) is 77.3 Å². The number of phenols is 1. The minimum Gasteiger partial charge on any atom is -0.507 e. The van der Waals surface area contributed by atoms with E-state index in [2.05, 4.69) is 46.3 Å². The van der Waals surface area contributed by atoms with E-state index < -0.39 is 0 Å². The summed E-state index contributed by atoms with van der Waals surface area (Å²) in [6, 6.07) is 24.2. The Morgan fingerprint density at radius 2 is 1.14 bits per heavy atom. The van der Waals surface area contributed by atoms with Gasteiger partial charge in [-0.1, -0.05) is 76.6 Å². The van der Waals surface area contributed by atoms with E-state index in [9.17, 15) is 5.11 Å². The molecule has 22 heavy (non-hydrogen) atoms. The molecule has 0 aliphatic heterocycles. The minimum atomic E-state index is 0.302. The molecule has 0 heterocycles. The predicted molar refractivity (Wildman–Crippen MR) is 96.3 cm³/mol. The number of hydrogen-bond donors (Lipinski definition) is 1. The average Bonchev–Trinajstić information content (AvgIpc) is 2.56. The lowest BCUT2D eigenvalue weighted by Crippen LogP contribution is -1.87. The fraction of sp³-hybridized carbons (Fsp3) is 0. The van der Waals surface area contributed by atoms with Crippen LogP contribution in [0.1, 0.15) is 0 Å². The van der Waals surface area contributed by atoms with Crippen LogP contribution in [-0.4, -0.2) is 5.11 Å². The molecular formula is C20H13BrO. The standard InChI is InChI=1S/C20H13BrO/c21-17-11-9-13-5-1-3-7-15(13)19(17)20-16-8-4-2-6-14(16)10-12-18(20)22/h1-12,22H. The highest BCUT2D eigenvalue weighted by Gasteiger charge is 2.15. The molecule has 106 valence electrons. The molecule has 0 radical (unpaired) electrons. The maximum Gasteiger partial charge on any atom is 0.124 e. The van der Waals surface area contributed by atoms with E-state index in [4.69, 9.17) is 0 Å². The molecule has 0 spiro atoms. The summed E-state index contributed by atoms with van der Waals surface area (Å²) >= 11 is 3.66. The first-order valence-electron chi connectivity index (χ1n) is 7.14. The average molecular weight is 349 g/mol. The normalized spacial score (nSPS) is 11.1. The van der Waals surface area contributed by atoms with Gasteiger partial charge in [0.2, 0.25) is 0 Å². The van der Waals surface area contributed by atoms with Crippen molar-refractivity contribution in [2.24, 2.45) is 0 Å². The number of aromatic hydroxyl groups is 1. The highest BCUT2D eigenvalue weighted by atomic mass is 79.9. The fourth-order valence-corrected chi connectivity index (χ4v) is 3.57. The van der Waals surface area contributed by atoms with Crippen molar-refractivity contribution >= 4 is 37.5 Å². The summed E-state index contributed by atoms with van der Waals surface area (Å²) in [5, 5.41) is 15.0. The Labute approximate surface area is 137 Å². The van der Waals surface area contributed by atoms with Gasteiger partial charge in [-0.25, -0.2) is 0 Å². The van der Waals surface area contributed by atoms with E-state index >= 15 is 0 Å². The third-order valence-electron chi connectivity index (χ3n) is 4.04. The second kappa shape index (κ2) is 5.15. The van der Waals surface area contributed by atoms with Crippen LogP contribution in [0.4, 0.5) is 0 Å². The lowest BCUT2D eigenvalue weighted by atomic mass is 9.93. The zero-order chi connectivity index (χ0) is 15.1. The van der Waals surface area contributed by atoms with Crippen molar-refractivity contribution < 1.29 is 5.11 Å². The molecule has 0 bridgehead atoms. The Kier molecular flexibility index (Phi) is 3.12. The summed E-state index contributed by atoms with van der Waals surface area (Å²) in [7, 11) is 0. The second-order valence-electron chi connectivity index (χ2n) is 5.32. The van der Waals surface area contributed by atoms with Gasteiger partial charge < -0.3 is 5.11 Å². The van der Waals surface area contributed by atoms with E-state index in [1.165, 1.54) is 0 Å². The van der Waals surface area contributed by atoms with Crippen LogP contribution in [0.3, 0.4) is 0 Å². The van der Waals surface area contributed by atoms with Gasteiger partial charge in [0.1, 0.15) is 5.75 Å². The first-order valence-corrected chi connectivity index (χ1v) is 7.93. The van der Waals surface area contributed by atoms with Gasteiger partial charge in [0, 0.05) is 15.6 Å². The second-order valence-corrected chi connectivity index (χ2v) is 6.18. The van der Waals surface area contributed by atoms with Crippen molar-refractivity contribution in [2.45, 2.75) is 0 Å². The molecule has 0 unspecified atom stereocenters. The lowest BCUT2D eigenvalue weighted by Gasteiger charge is -2.14. The molecule has 0 aliphatic carbocycles. The molecular weight excluding hydrogens is 336 g/mol.